The Morgan fingerprint density at radius 3 is 2.70 bits per heavy atom. The average molecular weight is 316 g/mol. The quantitative estimate of drug-likeness (QED) is 0.885. The second-order valence-corrected chi connectivity index (χ2v) is 5.77. The molecule has 0 fully saturated rings. The fourth-order valence-corrected chi connectivity index (χ4v) is 2.20. The normalized spacial score (nSPS) is 10.7. The molecule has 2 heterocycles. The predicted molar refractivity (Wildman–Crippen MR) is 90.9 cm³/mol. The van der Waals surface area contributed by atoms with Crippen molar-refractivity contribution in [1.82, 2.24) is 19.7 Å². The number of amides is 1. The lowest BCUT2D eigenvalue weighted by atomic mass is 10.2. The van der Waals surface area contributed by atoms with Crippen LogP contribution >= 0.6 is 0 Å². The van der Waals surface area contributed by atoms with Gasteiger partial charge in [0.1, 0.15) is 5.82 Å². The zero-order valence-corrected chi connectivity index (χ0v) is 14.4. The van der Waals surface area contributed by atoms with Gasteiger partial charge in [0.05, 0.1) is 17.0 Å². The van der Waals surface area contributed by atoms with Crippen molar-refractivity contribution >= 4 is 17.7 Å². The van der Waals surface area contributed by atoms with Crippen molar-refractivity contribution in [2.45, 2.75) is 40.2 Å². The molecule has 7 heteroatoms. The van der Waals surface area contributed by atoms with Gasteiger partial charge in [0.25, 0.3) is 5.91 Å². The number of nitrogens with zero attached hydrogens (tertiary/aromatic N) is 5. The van der Waals surface area contributed by atoms with E-state index in [1.165, 1.54) is 0 Å². The van der Waals surface area contributed by atoms with Gasteiger partial charge >= 0.3 is 0 Å². The maximum absolute atomic E-state index is 12.5. The van der Waals surface area contributed by atoms with Gasteiger partial charge in [-0.1, -0.05) is 13.3 Å². The SMILES string of the molecule is CCCCn1nc(C)cc1NC(=O)c1cnc(N(C)C)nc1C. The average Bonchev–Trinajstić information content (AvgIpc) is 2.84. The topological polar surface area (TPSA) is 75.9 Å². The summed E-state index contributed by atoms with van der Waals surface area (Å²) < 4.78 is 1.83. The van der Waals surface area contributed by atoms with Crippen molar-refractivity contribution in [2.75, 3.05) is 24.3 Å². The van der Waals surface area contributed by atoms with Gasteiger partial charge in [-0.3, -0.25) is 4.79 Å². The molecule has 2 rings (SSSR count). The molecule has 0 saturated carbocycles. The van der Waals surface area contributed by atoms with E-state index in [0.717, 1.165) is 25.1 Å². The fourth-order valence-electron chi connectivity index (χ4n) is 2.20. The van der Waals surface area contributed by atoms with E-state index in [1.54, 1.807) is 11.1 Å². The van der Waals surface area contributed by atoms with Crippen LogP contribution in [0.2, 0.25) is 0 Å². The molecule has 2 aromatic rings. The van der Waals surface area contributed by atoms with Crippen molar-refractivity contribution in [3.05, 3.63) is 29.2 Å². The van der Waals surface area contributed by atoms with Crippen LogP contribution in [0.4, 0.5) is 11.8 Å². The molecule has 0 aliphatic carbocycles. The minimum atomic E-state index is -0.217. The molecule has 0 unspecified atom stereocenters. The van der Waals surface area contributed by atoms with E-state index in [2.05, 4.69) is 27.3 Å². The molecule has 7 nitrogen and oxygen atoms in total. The van der Waals surface area contributed by atoms with Gasteiger partial charge in [-0.15, -0.1) is 0 Å². The van der Waals surface area contributed by atoms with Crippen molar-refractivity contribution in [3.8, 4) is 0 Å². The maximum Gasteiger partial charge on any atom is 0.260 e. The number of nitrogens with one attached hydrogen (secondary N) is 1. The third-order valence-electron chi connectivity index (χ3n) is 3.48. The summed E-state index contributed by atoms with van der Waals surface area (Å²) in [6, 6.07) is 1.87. The molecule has 0 saturated heterocycles. The van der Waals surface area contributed by atoms with Crippen LogP contribution in [0.5, 0.6) is 0 Å². The van der Waals surface area contributed by atoms with Crippen LogP contribution in [0.3, 0.4) is 0 Å². The molecule has 23 heavy (non-hydrogen) atoms. The monoisotopic (exact) mass is 316 g/mol. The highest BCUT2D eigenvalue weighted by atomic mass is 16.1. The molecule has 0 bridgehead atoms. The molecule has 0 radical (unpaired) electrons. The summed E-state index contributed by atoms with van der Waals surface area (Å²) in [7, 11) is 3.73. The van der Waals surface area contributed by atoms with Gasteiger partial charge in [0.15, 0.2) is 0 Å². The third kappa shape index (κ3) is 4.06. The van der Waals surface area contributed by atoms with Crippen LogP contribution in [-0.2, 0) is 6.54 Å². The van der Waals surface area contributed by atoms with Gasteiger partial charge in [-0.2, -0.15) is 5.10 Å². The zero-order valence-electron chi connectivity index (χ0n) is 14.4. The van der Waals surface area contributed by atoms with Gasteiger partial charge in [0.2, 0.25) is 5.95 Å². The van der Waals surface area contributed by atoms with Gasteiger partial charge in [-0.05, 0) is 20.3 Å². The van der Waals surface area contributed by atoms with Crippen LogP contribution in [0.25, 0.3) is 0 Å². The summed E-state index contributed by atoms with van der Waals surface area (Å²) in [4.78, 5) is 22.9. The molecule has 1 N–H and O–H groups in total. The molecule has 1 amide bonds. The molecule has 0 aliphatic rings. The number of hydrogen-bond donors (Lipinski definition) is 1. The van der Waals surface area contributed by atoms with E-state index >= 15 is 0 Å². The highest BCUT2D eigenvalue weighted by Gasteiger charge is 2.15. The fraction of sp³-hybridized carbons (Fsp3) is 0.500. The van der Waals surface area contributed by atoms with Crippen LogP contribution in [0.1, 0.15) is 41.5 Å². The second-order valence-electron chi connectivity index (χ2n) is 5.77. The number of aromatic nitrogens is 4. The smallest absolute Gasteiger partial charge is 0.260 e. The van der Waals surface area contributed by atoms with Crippen molar-refractivity contribution in [2.24, 2.45) is 0 Å². The first-order valence-corrected chi connectivity index (χ1v) is 7.79. The summed E-state index contributed by atoms with van der Waals surface area (Å²) >= 11 is 0. The van der Waals surface area contributed by atoms with E-state index in [9.17, 15) is 4.79 Å². The van der Waals surface area contributed by atoms with Crippen LogP contribution in [0.15, 0.2) is 12.3 Å². The highest BCUT2D eigenvalue weighted by Crippen LogP contribution is 2.15. The summed E-state index contributed by atoms with van der Waals surface area (Å²) in [5.41, 5.74) is 2.00. The molecule has 124 valence electrons. The van der Waals surface area contributed by atoms with Gasteiger partial charge in [-0.25, -0.2) is 14.6 Å². The number of carbonyl (C=O) groups is 1. The van der Waals surface area contributed by atoms with E-state index in [0.29, 0.717) is 23.0 Å². The molecule has 0 aromatic carbocycles. The minimum absolute atomic E-state index is 0.217. The van der Waals surface area contributed by atoms with Crippen molar-refractivity contribution in [1.29, 1.82) is 0 Å². The number of carbonyl (C=O) groups excluding carboxylic acids is 1. The summed E-state index contributed by atoms with van der Waals surface area (Å²) in [6.45, 7) is 6.64. The molecular formula is C16H24N6O. The molecule has 0 spiro atoms. The standard InChI is InChI=1S/C16H24N6O/c1-6-7-8-22-14(9-11(2)20-22)19-15(23)13-10-17-16(21(4)5)18-12(13)3/h9-10H,6-8H2,1-5H3,(H,19,23). The van der Waals surface area contributed by atoms with E-state index < -0.39 is 0 Å². The van der Waals surface area contributed by atoms with Gasteiger partial charge < -0.3 is 10.2 Å². The second kappa shape index (κ2) is 7.21. The number of rotatable bonds is 6. The third-order valence-corrected chi connectivity index (χ3v) is 3.48. The largest absolute Gasteiger partial charge is 0.347 e. The van der Waals surface area contributed by atoms with Crippen LogP contribution in [0, 0.1) is 13.8 Å². The summed E-state index contributed by atoms with van der Waals surface area (Å²) in [5.74, 6) is 1.07. The Balaban J connectivity index is 2.19. The Kier molecular flexibility index (Phi) is 5.31. The van der Waals surface area contributed by atoms with Crippen molar-refractivity contribution in [3.63, 3.8) is 0 Å². The summed E-state index contributed by atoms with van der Waals surface area (Å²) in [6.07, 6.45) is 3.65. The van der Waals surface area contributed by atoms with Gasteiger partial charge in [0, 0.05) is 32.9 Å². The Hall–Kier alpha value is -2.44. The Bertz CT molecular complexity index is 692. The van der Waals surface area contributed by atoms with Crippen molar-refractivity contribution < 1.29 is 4.79 Å². The zero-order chi connectivity index (χ0) is 17.0. The Morgan fingerprint density at radius 1 is 1.35 bits per heavy atom. The number of hydrogen-bond acceptors (Lipinski definition) is 5. The number of anilines is 2. The lowest BCUT2D eigenvalue weighted by molar-refractivity contribution is 0.102. The maximum atomic E-state index is 12.5. The Morgan fingerprint density at radius 2 is 2.09 bits per heavy atom. The highest BCUT2D eigenvalue weighted by molar-refractivity contribution is 6.04. The molecule has 0 aliphatic heterocycles. The Labute approximate surface area is 136 Å². The first kappa shape index (κ1) is 16.9. The molecular weight excluding hydrogens is 292 g/mol. The van der Waals surface area contributed by atoms with E-state index in [-0.39, 0.29) is 5.91 Å². The van der Waals surface area contributed by atoms with E-state index in [4.69, 9.17) is 0 Å². The number of aryl methyl sites for hydroxylation is 3. The lowest BCUT2D eigenvalue weighted by Crippen LogP contribution is -2.19. The van der Waals surface area contributed by atoms with E-state index in [1.807, 2.05) is 38.7 Å². The molecule has 2 aromatic heterocycles. The van der Waals surface area contributed by atoms with Crippen LogP contribution in [-0.4, -0.2) is 39.8 Å². The minimum Gasteiger partial charge on any atom is -0.347 e. The predicted octanol–water partition coefficient (Wildman–Crippen LogP) is 2.41. The summed E-state index contributed by atoms with van der Waals surface area (Å²) in [5, 5.41) is 7.33. The number of unbranched alkanes of at least 4 members (excludes halogenated alkanes) is 1. The molecule has 0 atom stereocenters. The first-order valence-electron chi connectivity index (χ1n) is 7.79. The van der Waals surface area contributed by atoms with Crippen LogP contribution < -0.4 is 10.2 Å². The lowest BCUT2D eigenvalue weighted by Gasteiger charge is -2.13. The first-order chi connectivity index (χ1) is 10.9.